The first-order chi connectivity index (χ1) is 13.1. The van der Waals surface area contributed by atoms with Crippen molar-refractivity contribution in [3.8, 4) is 17.2 Å². The molecule has 28 heavy (non-hydrogen) atoms. The molecule has 0 saturated heterocycles. The summed E-state index contributed by atoms with van der Waals surface area (Å²) in [7, 11) is 4.99. The lowest BCUT2D eigenvalue weighted by molar-refractivity contribution is 0.288. The van der Waals surface area contributed by atoms with Crippen LogP contribution in [0.4, 0.5) is 0 Å². The van der Waals surface area contributed by atoms with E-state index in [0.717, 1.165) is 29.5 Å². The normalized spacial score (nSPS) is 10.8. The number of aryl methyl sites for hydroxylation is 1. The van der Waals surface area contributed by atoms with E-state index in [-0.39, 0.29) is 24.0 Å². The smallest absolute Gasteiger partial charge is 0.203 e. The van der Waals surface area contributed by atoms with Gasteiger partial charge in [0.2, 0.25) is 5.75 Å². The molecule has 0 unspecified atom stereocenters. The third-order valence-corrected chi connectivity index (χ3v) is 4.77. The largest absolute Gasteiger partial charge is 0.493 e. The predicted molar refractivity (Wildman–Crippen MR) is 125 cm³/mol. The summed E-state index contributed by atoms with van der Waals surface area (Å²) in [5.74, 6) is 2.65. The maximum Gasteiger partial charge on any atom is 0.203 e. The van der Waals surface area contributed by atoms with Gasteiger partial charge in [-0.25, -0.2) is 4.98 Å². The van der Waals surface area contributed by atoms with Gasteiger partial charge in [0.05, 0.1) is 25.8 Å². The minimum absolute atomic E-state index is 0. The number of ether oxygens (including phenoxy) is 3. The van der Waals surface area contributed by atoms with Gasteiger partial charge in [0.1, 0.15) is 0 Å². The van der Waals surface area contributed by atoms with Crippen LogP contribution in [0.3, 0.4) is 0 Å². The quantitative estimate of drug-likeness (QED) is 0.300. The zero-order valence-corrected chi connectivity index (χ0v) is 20.1. The van der Waals surface area contributed by atoms with Crippen LogP contribution in [0.2, 0.25) is 0 Å². The van der Waals surface area contributed by atoms with Crippen LogP contribution in [0, 0.1) is 6.92 Å². The summed E-state index contributed by atoms with van der Waals surface area (Å²) >= 11 is 1.72. The summed E-state index contributed by atoms with van der Waals surface area (Å²) in [4.78, 5) is 9.86. The summed E-state index contributed by atoms with van der Waals surface area (Å²) < 4.78 is 16.5. The SMILES string of the molecule is CCOc1c(OC)cc(CNC(=NC)NCCc2ncc(C)s2)cc1OC.I. The van der Waals surface area contributed by atoms with Crippen molar-refractivity contribution in [1.29, 1.82) is 0 Å². The Morgan fingerprint density at radius 2 is 1.86 bits per heavy atom. The molecule has 1 aromatic carbocycles. The Balaban J connectivity index is 0.00000392. The predicted octanol–water partition coefficient (Wildman–Crippen LogP) is 3.39. The van der Waals surface area contributed by atoms with Crippen molar-refractivity contribution < 1.29 is 14.2 Å². The number of aliphatic imine (C=N–C) groups is 1. The summed E-state index contributed by atoms with van der Waals surface area (Å²) in [6.07, 6.45) is 2.77. The first-order valence-electron chi connectivity index (χ1n) is 8.84. The molecular weight excluding hydrogens is 491 g/mol. The molecule has 2 rings (SSSR count). The van der Waals surface area contributed by atoms with E-state index in [0.29, 0.717) is 30.4 Å². The Morgan fingerprint density at radius 1 is 1.18 bits per heavy atom. The van der Waals surface area contributed by atoms with Crippen LogP contribution in [0.25, 0.3) is 0 Å². The van der Waals surface area contributed by atoms with Crippen molar-refractivity contribution in [3.63, 3.8) is 0 Å². The molecule has 0 fully saturated rings. The molecule has 0 atom stereocenters. The molecule has 156 valence electrons. The van der Waals surface area contributed by atoms with Crippen molar-refractivity contribution in [2.24, 2.45) is 4.99 Å². The van der Waals surface area contributed by atoms with Crippen LogP contribution in [-0.4, -0.2) is 45.4 Å². The van der Waals surface area contributed by atoms with E-state index in [4.69, 9.17) is 14.2 Å². The van der Waals surface area contributed by atoms with Gasteiger partial charge in [-0.2, -0.15) is 0 Å². The monoisotopic (exact) mass is 520 g/mol. The van der Waals surface area contributed by atoms with Gasteiger partial charge in [-0.15, -0.1) is 35.3 Å². The molecule has 0 spiro atoms. The van der Waals surface area contributed by atoms with E-state index in [9.17, 15) is 0 Å². The highest BCUT2D eigenvalue weighted by Gasteiger charge is 2.14. The molecule has 0 amide bonds. The number of nitrogens with zero attached hydrogens (tertiary/aromatic N) is 2. The highest BCUT2D eigenvalue weighted by atomic mass is 127. The average molecular weight is 520 g/mol. The topological polar surface area (TPSA) is 77.0 Å². The number of rotatable bonds is 9. The molecule has 0 aliphatic heterocycles. The lowest BCUT2D eigenvalue weighted by Crippen LogP contribution is -2.37. The highest BCUT2D eigenvalue weighted by molar-refractivity contribution is 14.0. The van der Waals surface area contributed by atoms with Gasteiger partial charge in [-0.3, -0.25) is 4.99 Å². The summed E-state index contributed by atoms with van der Waals surface area (Å²) in [5, 5.41) is 7.73. The van der Waals surface area contributed by atoms with E-state index >= 15 is 0 Å². The third kappa shape index (κ3) is 7.01. The number of hydrogen-bond donors (Lipinski definition) is 2. The number of aromatic nitrogens is 1. The van der Waals surface area contributed by atoms with Gasteiger partial charge in [0.25, 0.3) is 0 Å². The Morgan fingerprint density at radius 3 is 2.36 bits per heavy atom. The Bertz CT molecular complexity index is 742. The molecule has 2 N–H and O–H groups in total. The number of hydrogen-bond acceptors (Lipinski definition) is 6. The zero-order valence-electron chi connectivity index (χ0n) is 17.0. The van der Waals surface area contributed by atoms with Gasteiger partial charge in [-0.1, -0.05) is 0 Å². The summed E-state index contributed by atoms with van der Waals surface area (Å²) in [5.41, 5.74) is 1.01. The lowest BCUT2D eigenvalue weighted by atomic mass is 10.2. The molecule has 1 aromatic heterocycles. The van der Waals surface area contributed by atoms with E-state index in [2.05, 4.69) is 27.5 Å². The van der Waals surface area contributed by atoms with Crippen molar-refractivity contribution in [2.75, 3.05) is 34.4 Å². The molecule has 0 aliphatic rings. The Kier molecular flexibility index (Phi) is 11.0. The fourth-order valence-electron chi connectivity index (χ4n) is 2.53. The Hall–Kier alpha value is -1.75. The van der Waals surface area contributed by atoms with Gasteiger partial charge >= 0.3 is 0 Å². The lowest BCUT2D eigenvalue weighted by Gasteiger charge is -2.16. The second-order valence-corrected chi connectivity index (χ2v) is 7.05. The summed E-state index contributed by atoms with van der Waals surface area (Å²) in [6, 6.07) is 3.87. The van der Waals surface area contributed by atoms with Crippen LogP contribution < -0.4 is 24.8 Å². The van der Waals surface area contributed by atoms with Crippen LogP contribution >= 0.6 is 35.3 Å². The fourth-order valence-corrected chi connectivity index (χ4v) is 3.32. The van der Waals surface area contributed by atoms with E-state index in [1.165, 1.54) is 4.88 Å². The third-order valence-electron chi connectivity index (χ3n) is 3.79. The van der Waals surface area contributed by atoms with Crippen molar-refractivity contribution in [2.45, 2.75) is 26.8 Å². The molecule has 1 heterocycles. The van der Waals surface area contributed by atoms with Gasteiger partial charge < -0.3 is 24.8 Å². The first-order valence-corrected chi connectivity index (χ1v) is 9.66. The van der Waals surface area contributed by atoms with Crippen molar-refractivity contribution in [1.82, 2.24) is 15.6 Å². The summed E-state index contributed by atoms with van der Waals surface area (Å²) in [6.45, 7) is 5.88. The number of halogens is 1. The van der Waals surface area contributed by atoms with Crippen LogP contribution in [0.1, 0.15) is 22.4 Å². The maximum absolute atomic E-state index is 5.64. The van der Waals surface area contributed by atoms with Gasteiger partial charge in [0.15, 0.2) is 17.5 Å². The molecule has 9 heteroatoms. The molecule has 0 aliphatic carbocycles. The van der Waals surface area contributed by atoms with Gasteiger partial charge in [-0.05, 0) is 31.5 Å². The molecular formula is C19H29IN4O3S. The first kappa shape index (κ1) is 24.3. The maximum atomic E-state index is 5.64. The molecule has 7 nitrogen and oxygen atoms in total. The van der Waals surface area contributed by atoms with Crippen LogP contribution in [0.5, 0.6) is 17.2 Å². The van der Waals surface area contributed by atoms with Crippen molar-refractivity contribution >= 4 is 41.3 Å². The molecule has 0 radical (unpaired) electrons. The fraction of sp³-hybridized carbons (Fsp3) is 0.474. The number of benzene rings is 1. The second-order valence-electron chi connectivity index (χ2n) is 5.73. The molecule has 0 saturated carbocycles. The van der Waals surface area contributed by atoms with Crippen LogP contribution in [0.15, 0.2) is 23.3 Å². The number of nitrogens with one attached hydrogen (secondary N) is 2. The van der Waals surface area contributed by atoms with Gasteiger partial charge in [0, 0.05) is 37.6 Å². The van der Waals surface area contributed by atoms with Crippen LogP contribution in [-0.2, 0) is 13.0 Å². The Labute approximate surface area is 187 Å². The standard InChI is InChI=1S/C19H28N4O3S.HI/c1-6-26-18-15(24-4)9-14(10-16(18)25-5)12-23-19(20-3)21-8-7-17-22-11-13(2)27-17;/h9-11H,6-8,12H2,1-5H3,(H2,20,21,23);1H. The molecule has 2 aromatic rings. The minimum atomic E-state index is 0. The highest BCUT2D eigenvalue weighted by Crippen LogP contribution is 2.38. The van der Waals surface area contributed by atoms with Crippen molar-refractivity contribution in [3.05, 3.63) is 33.8 Å². The number of thiazole rings is 1. The van der Waals surface area contributed by atoms with E-state index in [1.807, 2.05) is 25.3 Å². The number of guanidine groups is 1. The van der Waals surface area contributed by atoms with E-state index in [1.54, 1.807) is 32.6 Å². The second kappa shape index (κ2) is 12.7. The zero-order chi connectivity index (χ0) is 19.6. The average Bonchev–Trinajstić information content (AvgIpc) is 3.10. The van der Waals surface area contributed by atoms with E-state index < -0.39 is 0 Å². The minimum Gasteiger partial charge on any atom is -0.493 e. The number of methoxy groups -OCH3 is 2. The molecule has 0 bridgehead atoms.